The monoisotopic (exact) mass is 182 g/mol. The summed E-state index contributed by atoms with van der Waals surface area (Å²) in [5, 5.41) is 0. The first-order chi connectivity index (χ1) is 4.58. The summed E-state index contributed by atoms with van der Waals surface area (Å²) in [6, 6.07) is 0. The van der Waals surface area contributed by atoms with Crippen LogP contribution in [0.15, 0.2) is 0 Å². The van der Waals surface area contributed by atoms with Gasteiger partial charge in [-0.3, -0.25) is 4.18 Å². The standard InChI is InChI=1S/C5H10O3S2/c1-10(6,7)8-5-3-2-4-9-5/h5H,2-4H2,1H3. The van der Waals surface area contributed by atoms with Gasteiger partial charge in [0.2, 0.25) is 0 Å². The Morgan fingerprint density at radius 2 is 2.30 bits per heavy atom. The van der Waals surface area contributed by atoms with E-state index in [0.29, 0.717) is 0 Å². The Labute approximate surface area is 65.3 Å². The molecule has 0 radical (unpaired) electrons. The molecule has 3 nitrogen and oxygen atoms in total. The van der Waals surface area contributed by atoms with Gasteiger partial charge in [0.25, 0.3) is 10.1 Å². The Kier molecular flexibility index (Phi) is 2.60. The fourth-order valence-corrected chi connectivity index (χ4v) is 2.89. The molecule has 10 heavy (non-hydrogen) atoms. The average Bonchev–Trinajstić information content (AvgIpc) is 2.12. The number of hydrogen-bond acceptors (Lipinski definition) is 4. The zero-order valence-corrected chi connectivity index (χ0v) is 7.37. The van der Waals surface area contributed by atoms with Gasteiger partial charge in [0.15, 0.2) is 0 Å². The molecular formula is C5H10O3S2. The molecule has 1 rings (SSSR count). The predicted octanol–water partition coefficient (Wildman–Crippen LogP) is 0.816. The second kappa shape index (κ2) is 3.11. The molecule has 0 aromatic carbocycles. The second-order valence-corrected chi connectivity index (χ2v) is 5.11. The van der Waals surface area contributed by atoms with Crippen molar-refractivity contribution >= 4 is 21.9 Å². The third-order valence-corrected chi connectivity index (χ3v) is 3.10. The van der Waals surface area contributed by atoms with Crippen LogP contribution in [0.2, 0.25) is 0 Å². The number of hydrogen-bond donors (Lipinski definition) is 0. The maximum Gasteiger partial charge on any atom is 0.265 e. The lowest BCUT2D eigenvalue weighted by molar-refractivity contribution is 0.291. The van der Waals surface area contributed by atoms with E-state index in [0.717, 1.165) is 24.9 Å². The number of rotatable bonds is 2. The van der Waals surface area contributed by atoms with Crippen LogP contribution in [0.4, 0.5) is 0 Å². The Hall–Kier alpha value is 0.260. The maximum absolute atomic E-state index is 10.6. The van der Waals surface area contributed by atoms with Gasteiger partial charge in [-0.25, -0.2) is 0 Å². The van der Waals surface area contributed by atoms with Crippen LogP contribution in [-0.2, 0) is 14.3 Å². The van der Waals surface area contributed by atoms with Crippen LogP contribution >= 0.6 is 11.8 Å². The Morgan fingerprint density at radius 3 is 2.70 bits per heavy atom. The van der Waals surface area contributed by atoms with E-state index >= 15 is 0 Å². The minimum Gasteiger partial charge on any atom is -0.256 e. The molecule has 0 N–H and O–H groups in total. The molecule has 1 atom stereocenters. The fourth-order valence-electron chi connectivity index (χ4n) is 0.819. The summed E-state index contributed by atoms with van der Waals surface area (Å²) in [4.78, 5) is 0. The van der Waals surface area contributed by atoms with Crippen LogP contribution in [0.5, 0.6) is 0 Å². The molecule has 60 valence electrons. The summed E-state index contributed by atoms with van der Waals surface area (Å²) < 4.78 is 25.8. The highest BCUT2D eigenvalue weighted by molar-refractivity contribution is 8.00. The van der Waals surface area contributed by atoms with Gasteiger partial charge in [0, 0.05) is 0 Å². The van der Waals surface area contributed by atoms with Crippen LogP contribution < -0.4 is 0 Å². The van der Waals surface area contributed by atoms with Gasteiger partial charge in [0.05, 0.1) is 6.26 Å². The molecule has 0 spiro atoms. The van der Waals surface area contributed by atoms with Crippen LogP contribution in [0.1, 0.15) is 12.8 Å². The molecule has 0 bridgehead atoms. The van der Waals surface area contributed by atoms with Crippen molar-refractivity contribution < 1.29 is 12.6 Å². The maximum atomic E-state index is 10.6. The van der Waals surface area contributed by atoms with E-state index in [-0.39, 0.29) is 5.44 Å². The van der Waals surface area contributed by atoms with Crippen molar-refractivity contribution in [3.05, 3.63) is 0 Å². The van der Waals surface area contributed by atoms with E-state index in [4.69, 9.17) is 4.18 Å². The smallest absolute Gasteiger partial charge is 0.256 e. The quantitative estimate of drug-likeness (QED) is 0.593. The van der Waals surface area contributed by atoms with Crippen molar-refractivity contribution in [2.24, 2.45) is 0 Å². The average molecular weight is 182 g/mol. The molecule has 1 saturated heterocycles. The normalized spacial score (nSPS) is 27.1. The minimum absolute atomic E-state index is 0.116. The van der Waals surface area contributed by atoms with Crippen molar-refractivity contribution in [2.45, 2.75) is 18.3 Å². The van der Waals surface area contributed by atoms with Gasteiger partial charge < -0.3 is 0 Å². The molecule has 1 aliphatic heterocycles. The van der Waals surface area contributed by atoms with Crippen molar-refractivity contribution in [1.82, 2.24) is 0 Å². The Balaban J connectivity index is 2.38. The topological polar surface area (TPSA) is 43.4 Å². The summed E-state index contributed by atoms with van der Waals surface area (Å²) in [6.07, 6.45) is 3.01. The third-order valence-electron chi connectivity index (χ3n) is 1.17. The van der Waals surface area contributed by atoms with Gasteiger partial charge in [-0.2, -0.15) is 8.42 Å². The molecule has 0 amide bonds. The Bertz CT molecular complexity index is 191. The van der Waals surface area contributed by atoms with Crippen LogP contribution in [0, 0.1) is 0 Å². The second-order valence-electron chi connectivity index (χ2n) is 2.24. The molecule has 5 heteroatoms. The predicted molar refractivity (Wildman–Crippen MR) is 41.4 cm³/mol. The first kappa shape index (κ1) is 8.36. The van der Waals surface area contributed by atoms with Gasteiger partial charge in [0.1, 0.15) is 5.44 Å². The highest BCUT2D eigenvalue weighted by atomic mass is 32.2. The van der Waals surface area contributed by atoms with Gasteiger partial charge in [-0.05, 0) is 18.6 Å². The fraction of sp³-hybridized carbons (Fsp3) is 1.00. The molecule has 0 aromatic heterocycles. The van der Waals surface area contributed by atoms with Crippen molar-refractivity contribution in [1.29, 1.82) is 0 Å². The van der Waals surface area contributed by atoms with E-state index < -0.39 is 10.1 Å². The summed E-state index contributed by atoms with van der Waals surface area (Å²) in [7, 11) is -3.23. The van der Waals surface area contributed by atoms with E-state index in [1.165, 1.54) is 0 Å². The van der Waals surface area contributed by atoms with Crippen LogP contribution in [0.3, 0.4) is 0 Å². The van der Waals surface area contributed by atoms with Crippen LogP contribution in [-0.4, -0.2) is 25.9 Å². The lowest BCUT2D eigenvalue weighted by Crippen LogP contribution is -2.10. The van der Waals surface area contributed by atoms with E-state index in [9.17, 15) is 8.42 Å². The lowest BCUT2D eigenvalue weighted by atomic mass is 10.4. The van der Waals surface area contributed by atoms with Crippen molar-refractivity contribution in [3.8, 4) is 0 Å². The Morgan fingerprint density at radius 1 is 1.60 bits per heavy atom. The lowest BCUT2D eigenvalue weighted by Gasteiger charge is -2.05. The molecule has 1 unspecified atom stereocenters. The van der Waals surface area contributed by atoms with Gasteiger partial charge in [-0.15, -0.1) is 11.8 Å². The van der Waals surface area contributed by atoms with Crippen molar-refractivity contribution in [2.75, 3.05) is 12.0 Å². The van der Waals surface area contributed by atoms with E-state index in [1.807, 2.05) is 0 Å². The van der Waals surface area contributed by atoms with Crippen molar-refractivity contribution in [3.63, 3.8) is 0 Å². The summed E-state index contributed by atoms with van der Waals surface area (Å²) >= 11 is 1.57. The molecule has 1 fully saturated rings. The zero-order chi connectivity index (χ0) is 7.61. The summed E-state index contributed by atoms with van der Waals surface area (Å²) in [5.41, 5.74) is -0.116. The highest BCUT2D eigenvalue weighted by Gasteiger charge is 2.20. The molecule has 1 heterocycles. The third kappa shape index (κ3) is 2.90. The molecular weight excluding hydrogens is 172 g/mol. The highest BCUT2D eigenvalue weighted by Crippen LogP contribution is 2.27. The van der Waals surface area contributed by atoms with Crippen LogP contribution in [0.25, 0.3) is 0 Å². The SMILES string of the molecule is CS(=O)(=O)OC1CCCS1. The molecule has 0 saturated carbocycles. The summed E-state index contributed by atoms with van der Waals surface area (Å²) in [6.45, 7) is 0. The summed E-state index contributed by atoms with van der Waals surface area (Å²) in [5.74, 6) is 1.01. The van der Waals surface area contributed by atoms with Gasteiger partial charge >= 0.3 is 0 Å². The molecule has 1 aliphatic rings. The first-order valence-corrected chi connectivity index (χ1v) is 5.94. The number of thioether (sulfide) groups is 1. The van der Waals surface area contributed by atoms with Gasteiger partial charge in [-0.1, -0.05) is 0 Å². The van der Waals surface area contributed by atoms with E-state index in [1.54, 1.807) is 11.8 Å². The molecule has 0 aromatic rings. The van der Waals surface area contributed by atoms with E-state index in [2.05, 4.69) is 0 Å². The zero-order valence-electron chi connectivity index (χ0n) is 5.74. The molecule has 0 aliphatic carbocycles. The largest absolute Gasteiger partial charge is 0.265 e. The minimum atomic E-state index is -3.23. The first-order valence-electron chi connectivity index (χ1n) is 3.08.